The zero-order valence-electron chi connectivity index (χ0n) is 9.74. The van der Waals surface area contributed by atoms with Gasteiger partial charge in [0, 0.05) is 13.2 Å². The predicted octanol–water partition coefficient (Wildman–Crippen LogP) is 0.604. The molecule has 1 heterocycles. The van der Waals surface area contributed by atoms with E-state index in [1.54, 1.807) is 36.1 Å². The van der Waals surface area contributed by atoms with Crippen LogP contribution < -0.4 is 4.72 Å². The summed E-state index contributed by atoms with van der Waals surface area (Å²) in [6, 6.07) is 7.50. The van der Waals surface area contributed by atoms with E-state index in [-0.39, 0.29) is 17.2 Å². The number of hydrogen-bond donors (Lipinski definition) is 2. The molecular weight excluding hydrogens is 254 g/mol. The van der Waals surface area contributed by atoms with Gasteiger partial charge in [-0.1, -0.05) is 12.1 Å². The van der Waals surface area contributed by atoms with Crippen molar-refractivity contribution in [2.75, 3.05) is 0 Å². The minimum atomic E-state index is -3.73. The molecule has 0 radical (unpaired) electrons. The summed E-state index contributed by atoms with van der Waals surface area (Å²) in [4.78, 5) is -0.138. The lowest BCUT2D eigenvalue weighted by Gasteiger charge is -2.06. The van der Waals surface area contributed by atoms with Crippen LogP contribution in [0.1, 0.15) is 5.69 Å². The number of aryl methyl sites for hydroxylation is 1. The molecule has 2 rings (SSSR count). The summed E-state index contributed by atoms with van der Waals surface area (Å²) in [5.41, 5.74) is 0.608. The zero-order chi connectivity index (χ0) is 13.2. The van der Waals surface area contributed by atoms with Crippen LogP contribution in [0.3, 0.4) is 0 Å². The van der Waals surface area contributed by atoms with Crippen molar-refractivity contribution in [3.63, 3.8) is 0 Å². The number of sulfonamides is 1. The summed E-state index contributed by atoms with van der Waals surface area (Å²) < 4.78 is 27.8. The zero-order valence-corrected chi connectivity index (χ0v) is 10.6. The van der Waals surface area contributed by atoms with Crippen molar-refractivity contribution in [1.29, 1.82) is 0 Å². The first-order chi connectivity index (χ1) is 8.49. The minimum absolute atomic E-state index is 0.0809. The van der Waals surface area contributed by atoms with Gasteiger partial charge in [-0.05, 0) is 18.2 Å². The number of hydrogen-bond acceptors (Lipinski definition) is 4. The van der Waals surface area contributed by atoms with Gasteiger partial charge in [-0.2, -0.15) is 5.10 Å². The largest absolute Gasteiger partial charge is 0.507 e. The fourth-order valence-corrected chi connectivity index (χ4v) is 2.58. The van der Waals surface area contributed by atoms with Crippen LogP contribution in [-0.4, -0.2) is 23.3 Å². The van der Waals surface area contributed by atoms with Crippen LogP contribution in [0.25, 0.3) is 0 Å². The second-order valence-corrected chi connectivity index (χ2v) is 5.51. The number of aromatic hydroxyl groups is 1. The standard InChI is InChI=1S/C11H13N3O3S/c1-14-7-6-9(13-14)8-12-18(16,17)11-5-3-2-4-10(11)15/h2-7,12,15H,8H2,1H3. The molecule has 0 fully saturated rings. The molecular formula is C11H13N3O3S. The van der Waals surface area contributed by atoms with E-state index in [1.807, 2.05) is 0 Å². The summed E-state index contributed by atoms with van der Waals surface area (Å²) in [6.07, 6.45) is 1.73. The Balaban J connectivity index is 2.16. The monoisotopic (exact) mass is 267 g/mol. The van der Waals surface area contributed by atoms with E-state index >= 15 is 0 Å². The predicted molar refractivity (Wildman–Crippen MR) is 65.3 cm³/mol. The SMILES string of the molecule is Cn1ccc(CNS(=O)(=O)c2ccccc2O)n1. The van der Waals surface area contributed by atoms with E-state index in [2.05, 4.69) is 9.82 Å². The Bertz CT molecular complexity index is 649. The third kappa shape index (κ3) is 2.69. The molecule has 0 amide bonds. The molecule has 7 heteroatoms. The third-order valence-electron chi connectivity index (χ3n) is 2.37. The lowest BCUT2D eigenvalue weighted by molar-refractivity contribution is 0.458. The molecule has 0 saturated carbocycles. The van der Waals surface area contributed by atoms with Gasteiger partial charge in [-0.25, -0.2) is 13.1 Å². The first kappa shape index (κ1) is 12.6. The van der Waals surface area contributed by atoms with Crippen molar-refractivity contribution >= 4 is 10.0 Å². The van der Waals surface area contributed by atoms with Gasteiger partial charge >= 0.3 is 0 Å². The fourth-order valence-electron chi connectivity index (χ4n) is 1.49. The maximum absolute atomic E-state index is 11.9. The van der Waals surface area contributed by atoms with Crippen LogP contribution in [-0.2, 0) is 23.6 Å². The summed E-state index contributed by atoms with van der Waals surface area (Å²) >= 11 is 0. The highest BCUT2D eigenvalue weighted by Crippen LogP contribution is 2.21. The number of phenolic OH excluding ortho intramolecular Hbond substituents is 1. The average molecular weight is 267 g/mol. The van der Waals surface area contributed by atoms with Gasteiger partial charge in [-0.3, -0.25) is 4.68 Å². The molecule has 0 aliphatic heterocycles. The highest BCUT2D eigenvalue weighted by atomic mass is 32.2. The third-order valence-corrected chi connectivity index (χ3v) is 3.82. The van der Waals surface area contributed by atoms with Crippen LogP contribution in [0.2, 0.25) is 0 Å². The molecule has 0 atom stereocenters. The number of aromatic nitrogens is 2. The Morgan fingerprint density at radius 3 is 2.67 bits per heavy atom. The van der Waals surface area contributed by atoms with Gasteiger partial charge in [0.05, 0.1) is 12.2 Å². The van der Waals surface area contributed by atoms with E-state index in [0.717, 1.165) is 0 Å². The first-order valence-electron chi connectivity index (χ1n) is 5.25. The maximum atomic E-state index is 11.9. The number of phenols is 1. The summed E-state index contributed by atoms with van der Waals surface area (Å²) in [5.74, 6) is -0.272. The summed E-state index contributed by atoms with van der Waals surface area (Å²) in [7, 11) is -1.98. The fraction of sp³-hybridized carbons (Fsp3) is 0.182. The van der Waals surface area contributed by atoms with E-state index in [0.29, 0.717) is 5.69 Å². The van der Waals surface area contributed by atoms with Crippen molar-refractivity contribution in [3.05, 3.63) is 42.2 Å². The summed E-state index contributed by atoms with van der Waals surface area (Å²) in [6.45, 7) is 0.0809. The molecule has 2 N–H and O–H groups in total. The number of benzene rings is 1. The average Bonchev–Trinajstić information content (AvgIpc) is 2.73. The van der Waals surface area contributed by atoms with Crippen molar-refractivity contribution in [2.24, 2.45) is 7.05 Å². The second-order valence-electron chi connectivity index (χ2n) is 3.77. The van der Waals surface area contributed by atoms with Gasteiger partial charge in [0.25, 0.3) is 0 Å². The van der Waals surface area contributed by atoms with E-state index in [1.165, 1.54) is 12.1 Å². The first-order valence-corrected chi connectivity index (χ1v) is 6.73. The molecule has 0 aliphatic carbocycles. The van der Waals surface area contributed by atoms with Crippen LogP contribution in [0.15, 0.2) is 41.4 Å². The number of para-hydroxylation sites is 1. The van der Waals surface area contributed by atoms with Crippen LogP contribution in [0, 0.1) is 0 Å². The van der Waals surface area contributed by atoms with Gasteiger partial charge in [0.1, 0.15) is 10.6 Å². The van der Waals surface area contributed by atoms with E-state index in [4.69, 9.17) is 0 Å². The molecule has 0 saturated heterocycles. The highest BCUT2D eigenvalue weighted by molar-refractivity contribution is 7.89. The summed E-state index contributed by atoms with van der Waals surface area (Å²) in [5, 5.41) is 13.6. The Morgan fingerprint density at radius 1 is 1.33 bits per heavy atom. The van der Waals surface area contributed by atoms with Crippen LogP contribution >= 0.6 is 0 Å². The molecule has 6 nitrogen and oxygen atoms in total. The van der Waals surface area contributed by atoms with E-state index < -0.39 is 10.0 Å². The molecule has 18 heavy (non-hydrogen) atoms. The molecule has 1 aromatic heterocycles. The van der Waals surface area contributed by atoms with Crippen LogP contribution in [0.5, 0.6) is 5.75 Å². The molecule has 96 valence electrons. The molecule has 0 bridgehead atoms. The molecule has 0 unspecified atom stereocenters. The smallest absolute Gasteiger partial charge is 0.244 e. The number of rotatable bonds is 4. The lowest BCUT2D eigenvalue weighted by atomic mass is 10.3. The van der Waals surface area contributed by atoms with Gasteiger partial charge in [-0.15, -0.1) is 0 Å². The van der Waals surface area contributed by atoms with Gasteiger partial charge < -0.3 is 5.11 Å². The molecule has 2 aromatic rings. The van der Waals surface area contributed by atoms with Gasteiger partial charge in [0.2, 0.25) is 10.0 Å². The van der Waals surface area contributed by atoms with Crippen LogP contribution in [0.4, 0.5) is 0 Å². The normalized spacial score (nSPS) is 11.6. The van der Waals surface area contributed by atoms with Crippen molar-refractivity contribution in [3.8, 4) is 5.75 Å². The minimum Gasteiger partial charge on any atom is -0.507 e. The molecule has 0 aliphatic rings. The second kappa shape index (κ2) is 4.79. The van der Waals surface area contributed by atoms with Gasteiger partial charge in [0.15, 0.2) is 0 Å². The Labute approximate surface area is 105 Å². The van der Waals surface area contributed by atoms with Crippen molar-refractivity contribution in [2.45, 2.75) is 11.4 Å². The number of nitrogens with zero attached hydrogens (tertiary/aromatic N) is 2. The molecule has 0 spiro atoms. The molecule has 1 aromatic carbocycles. The van der Waals surface area contributed by atoms with Crippen molar-refractivity contribution < 1.29 is 13.5 Å². The lowest BCUT2D eigenvalue weighted by Crippen LogP contribution is -2.23. The Hall–Kier alpha value is -1.86. The quantitative estimate of drug-likeness (QED) is 0.849. The topological polar surface area (TPSA) is 84.2 Å². The maximum Gasteiger partial charge on any atom is 0.244 e. The highest BCUT2D eigenvalue weighted by Gasteiger charge is 2.17. The Kier molecular flexibility index (Phi) is 3.35. The number of nitrogens with one attached hydrogen (secondary N) is 1. The van der Waals surface area contributed by atoms with Crippen molar-refractivity contribution in [1.82, 2.24) is 14.5 Å². The van der Waals surface area contributed by atoms with E-state index in [9.17, 15) is 13.5 Å². The Morgan fingerprint density at radius 2 is 2.06 bits per heavy atom.